The lowest BCUT2D eigenvalue weighted by molar-refractivity contribution is -0.380. The molecule has 27 nitrogen and oxygen atoms in total. The van der Waals surface area contributed by atoms with Gasteiger partial charge in [-0.2, -0.15) is 0 Å². The minimum absolute atomic E-state index is 0.117. The van der Waals surface area contributed by atoms with Crippen molar-refractivity contribution in [1.82, 2.24) is 0 Å². The van der Waals surface area contributed by atoms with E-state index in [9.17, 15) is 76.3 Å². The zero-order chi connectivity index (χ0) is 66.0. The van der Waals surface area contributed by atoms with Gasteiger partial charge in [0.1, 0.15) is 84.8 Å². The first-order valence-electron chi connectivity index (χ1n) is 32.1. The van der Waals surface area contributed by atoms with Gasteiger partial charge in [-0.1, -0.05) is 59.3 Å². The Balaban J connectivity index is 0.896. The standard InChI is InChI=1S/C63H100O27/c1-12-13-36(68)85-48-28(5)84-56(50(45(48)77)88-54-44(76)41(73)47(27(4)83-54)86-52-46(78)49(32(66)23-80-52)87-53-42(74)39(71)37(69)25(2)81-53)90-57(79)63-19-18-58(6,7)20-30(63)29-14-15-34-59(8)21-31(65)51(89-55-43(75)40(72)38(70)26(3)82-55)60(9,24-64)33(59)16-17-61(34,10)62(29,11)22-35(63)67/h12-14,25-28,30-35,37-56,64-67,69-78H,15-24H2,1-11H3/b13-12+/t25-,26-,27-,28+,30-,31-,32+,33+,34+,35+,37-,38-,39+,40+,41-,42+,43+,44+,45-,46+,47-,48-,49-,50+,51-,52-,53-,54-,55-,56-,59-,60-,61+,62+,63+/m0/s1. The normalized spacial score (nSPS) is 54.5. The van der Waals surface area contributed by atoms with Crippen LogP contribution in [0.1, 0.15) is 128 Å². The zero-order valence-electron chi connectivity index (χ0n) is 53.2. The fourth-order valence-corrected chi connectivity index (χ4v) is 18.2. The molecule has 4 saturated carbocycles. The molecule has 0 aromatic rings. The van der Waals surface area contributed by atoms with Gasteiger partial charge >= 0.3 is 11.9 Å². The number of ether oxygens (including phenoxy) is 11. The highest BCUT2D eigenvalue weighted by Crippen LogP contribution is 2.76. The van der Waals surface area contributed by atoms with Gasteiger partial charge in [-0.05, 0) is 125 Å². The molecule has 0 aromatic carbocycles. The third-order valence-electron chi connectivity index (χ3n) is 23.6. The lowest BCUT2D eigenvalue weighted by atomic mass is 9.33. The van der Waals surface area contributed by atoms with Crippen LogP contribution in [-0.4, -0.2) is 262 Å². The molecular weight excluding hydrogens is 1190 g/mol. The monoisotopic (exact) mass is 1290 g/mol. The molecule has 5 aliphatic carbocycles. The second-order valence-corrected chi connectivity index (χ2v) is 29.6. The molecule has 9 fully saturated rings. The van der Waals surface area contributed by atoms with Crippen molar-refractivity contribution >= 4 is 11.9 Å². The minimum atomic E-state index is -2.03. The first-order valence-corrected chi connectivity index (χ1v) is 32.1. The van der Waals surface area contributed by atoms with Gasteiger partial charge < -0.3 is 124 Å². The highest BCUT2D eigenvalue weighted by atomic mass is 16.8. The molecule has 514 valence electrons. The van der Waals surface area contributed by atoms with E-state index < -0.39 is 217 Å². The number of rotatable bonds is 13. The molecule has 0 radical (unpaired) electrons. The summed E-state index contributed by atoms with van der Waals surface area (Å²) >= 11 is 0. The smallest absolute Gasteiger partial charge is 0.330 e. The maximum Gasteiger partial charge on any atom is 0.330 e. The maximum absolute atomic E-state index is 15.8. The third kappa shape index (κ3) is 11.7. The molecule has 0 bridgehead atoms. The number of allylic oxidation sites excluding steroid dienone is 3. The Morgan fingerprint density at radius 2 is 1.11 bits per heavy atom. The summed E-state index contributed by atoms with van der Waals surface area (Å²) in [5.74, 6) is -2.69. The lowest BCUT2D eigenvalue weighted by Gasteiger charge is -2.72. The minimum Gasteiger partial charge on any atom is -0.454 e. The van der Waals surface area contributed by atoms with E-state index in [0.717, 1.165) is 11.6 Å². The highest BCUT2D eigenvalue weighted by Gasteiger charge is 2.73. The van der Waals surface area contributed by atoms with Crippen LogP contribution >= 0.6 is 0 Å². The van der Waals surface area contributed by atoms with Crippen LogP contribution in [0.5, 0.6) is 0 Å². The van der Waals surface area contributed by atoms with Crippen molar-refractivity contribution in [2.45, 2.75) is 293 Å². The van der Waals surface area contributed by atoms with Crippen molar-refractivity contribution in [1.29, 1.82) is 0 Å². The summed E-state index contributed by atoms with van der Waals surface area (Å²) in [5, 5.41) is 158. The average molecular weight is 1290 g/mol. The molecule has 10 aliphatic rings. The number of carbonyl (C=O) groups excluding carboxylic acids is 2. The maximum atomic E-state index is 15.8. The van der Waals surface area contributed by atoms with E-state index in [1.54, 1.807) is 13.8 Å². The molecule has 5 heterocycles. The van der Waals surface area contributed by atoms with Gasteiger partial charge in [-0.3, -0.25) is 4.79 Å². The Kier molecular flexibility index (Phi) is 20.2. The number of aliphatic hydroxyl groups is 14. The van der Waals surface area contributed by atoms with Gasteiger partial charge in [-0.25, -0.2) is 4.79 Å². The molecule has 35 atom stereocenters. The Hall–Kier alpha value is -2.50. The fourth-order valence-electron chi connectivity index (χ4n) is 18.2. The second-order valence-electron chi connectivity index (χ2n) is 29.6. The molecule has 0 aromatic heterocycles. The number of aliphatic hydroxyl groups excluding tert-OH is 14. The van der Waals surface area contributed by atoms with Gasteiger partial charge in [0.05, 0.1) is 55.9 Å². The van der Waals surface area contributed by atoms with Crippen molar-refractivity contribution < 1.29 is 133 Å². The van der Waals surface area contributed by atoms with Crippen molar-refractivity contribution in [3.8, 4) is 0 Å². The summed E-state index contributed by atoms with van der Waals surface area (Å²) in [4.78, 5) is 28.8. The van der Waals surface area contributed by atoms with E-state index in [2.05, 4.69) is 40.7 Å². The van der Waals surface area contributed by atoms with E-state index in [1.165, 1.54) is 26.8 Å². The quantitative estimate of drug-likeness (QED) is 0.0435. The molecule has 0 amide bonds. The number of hydrogen-bond donors (Lipinski definition) is 14. The van der Waals surface area contributed by atoms with E-state index in [0.29, 0.717) is 32.1 Å². The van der Waals surface area contributed by atoms with Crippen LogP contribution in [-0.2, 0) is 61.7 Å². The van der Waals surface area contributed by atoms with Gasteiger partial charge in [-0.15, -0.1) is 0 Å². The molecule has 90 heavy (non-hydrogen) atoms. The van der Waals surface area contributed by atoms with E-state index in [1.807, 2.05) is 6.92 Å². The average Bonchev–Trinajstić information content (AvgIpc) is 0.672. The fraction of sp³-hybridized carbons (Fsp3) is 0.905. The van der Waals surface area contributed by atoms with Crippen LogP contribution < -0.4 is 0 Å². The molecule has 5 saturated heterocycles. The first kappa shape index (κ1) is 70.3. The van der Waals surface area contributed by atoms with E-state index in [4.69, 9.17) is 52.1 Å². The predicted molar refractivity (Wildman–Crippen MR) is 307 cm³/mol. The molecule has 0 spiro atoms. The summed E-state index contributed by atoms with van der Waals surface area (Å²) in [6, 6.07) is 0. The van der Waals surface area contributed by atoms with Crippen LogP contribution in [0.25, 0.3) is 0 Å². The van der Waals surface area contributed by atoms with Crippen LogP contribution in [0, 0.1) is 50.2 Å². The van der Waals surface area contributed by atoms with Crippen LogP contribution in [0.15, 0.2) is 23.8 Å². The SMILES string of the molecule is C/C=C/C(=O)O[C@@H]1[C@H](O)[C@@H](O[C@@H]2O[C@@H](C)[C@H](O[C@@H]3OC[C@@H](O)[C@H](O[C@@H]4O[C@@H](C)[C@H](O)[C@@H](O)[C@H]4O)[C@H]3O)[C@@H](O)[C@H]2O)[C@H](OC(=O)[C@]23CCC(C)(C)C[C@H]2C2=CC[C@@H]4[C@@]5(C)C[C@H](O)[C@H](O[C@@H]6O[C@@H](C)[C@H](O)[C@@H](O)[C@H]6O)[C@@](C)(CO)[C@@H]5CC[C@@]4(C)[C@]2(C)C[C@H]3O)O[C@@H]1C. The molecule has 5 aliphatic heterocycles. The van der Waals surface area contributed by atoms with Crippen LogP contribution in [0.3, 0.4) is 0 Å². The molecular formula is C63H100O27. The van der Waals surface area contributed by atoms with Crippen molar-refractivity contribution in [3.05, 3.63) is 23.8 Å². The number of fused-ring (bicyclic) bond motifs is 7. The van der Waals surface area contributed by atoms with Crippen LogP contribution in [0.4, 0.5) is 0 Å². The van der Waals surface area contributed by atoms with Gasteiger partial charge in [0, 0.05) is 11.5 Å². The molecule has 0 unspecified atom stereocenters. The predicted octanol–water partition coefficient (Wildman–Crippen LogP) is -1.42. The molecule has 14 N–H and O–H groups in total. The zero-order valence-corrected chi connectivity index (χ0v) is 53.2. The Bertz CT molecular complexity index is 2610. The van der Waals surface area contributed by atoms with E-state index >= 15 is 4.79 Å². The van der Waals surface area contributed by atoms with Crippen molar-refractivity contribution in [3.63, 3.8) is 0 Å². The molecule has 27 heteroatoms. The Morgan fingerprint density at radius 3 is 1.72 bits per heavy atom. The molecule has 10 rings (SSSR count). The number of esters is 2. The highest BCUT2D eigenvalue weighted by molar-refractivity contribution is 5.82. The summed E-state index contributed by atoms with van der Waals surface area (Å²) < 4.78 is 66.0. The Labute approximate surface area is 524 Å². The summed E-state index contributed by atoms with van der Waals surface area (Å²) in [7, 11) is 0. The largest absolute Gasteiger partial charge is 0.454 e. The number of carbonyl (C=O) groups is 2. The van der Waals surface area contributed by atoms with Gasteiger partial charge in [0.2, 0.25) is 6.29 Å². The third-order valence-corrected chi connectivity index (χ3v) is 23.6. The Morgan fingerprint density at radius 1 is 0.556 bits per heavy atom. The van der Waals surface area contributed by atoms with Gasteiger partial charge in [0.15, 0.2) is 37.4 Å². The summed E-state index contributed by atoms with van der Waals surface area (Å²) in [6.07, 6.45) is -33.3. The summed E-state index contributed by atoms with van der Waals surface area (Å²) in [5.41, 5.74) is -3.98. The topological polar surface area (TPSA) is 419 Å². The number of hydrogen-bond acceptors (Lipinski definition) is 27. The van der Waals surface area contributed by atoms with Gasteiger partial charge in [0.25, 0.3) is 0 Å². The lowest BCUT2D eigenvalue weighted by Crippen LogP contribution is -2.70. The van der Waals surface area contributed by atoms with Crippen molar-refractivity contribution in [2.24, 2.45) is 50.2 Å². The second kappa shape index (κ2) is 25.8. The van der Waals surface area contributed by atoms with Crippen molar-refractivity contribution in [2.75, 3.05) is 13.2 Å². The van der Waals surface area contributed by atoms with Crippen LogP contribution in [0.2, 0.25) is 0 Å². The van der Waals surface area contributed by atoms with E-state index in [-0.39, 0.29) is 43.1 Å². The summed E-state index contributed by atoms with van der Waals surface area (Å²) in [6.45, 7) is 19.2. The first-order chi connectivity index (χ1) is 42.0.